The van der Waals surface area contributed by atoms with E-state index >= 15 is 0 Å². The SMILES string of the molecule is CO/N=C(/c1ccc(Cl)c(Cl)c1)[C@H]1C[C@@H]1C(=O)O. The number of rotatable bonds is 4. The number of hydrogen-bond acceptors (Lipinski definition) is 3. The second-order valence-corrected chi connectivity index (χ2v) is 4.89. The molecule has 1 fully saturated rings. The Bertz CT molecular complexity index is 516. The Hall–Kier alpha value is -1.26. The van der Waals surface area contributed by atoms with Crippen molar-refractivity contribution in [2.75, 3.05) is 7.11 Å². The number of benzene rings is 1. The van der Waals surface area contributed by atoms with Crippen molar-refractivity contribution in [1.82, 2.24) is 0 Å². The van der Waals surface area contributed by atoms with Crippen LogP contribution in [0.3, 0.4) is 0 Å². The van der Waals surface area contributed by atoms with Gasteiger partial charge in [0.25, 0.3) is 0 Å². The summed E-state index contributed by atoms with van der Waals surface area (Å²) in [4.78, 5) is 15.7. The van der Waals surface area contributed by atoms with Gasteiger partial charge in [-0.25, -0.2) is 0 Å². The van der Waals surface area contributed by atoms with E-state index in [-0.39, 0.29) is 5.92 Å². The number of oxime groups is 1. The Kier molecular flexibility index (Phi) is 3.78. The van der Waals surface area contributed by atoms with Gasteiger partial charge in [0.05, 0.1) is 21.7 Å². The van der Waals surface area contributed by atoms with Crippen LogP contribution in [0.25, 0.3) is 0 Å². The van der Waals surface area contributed by atoms with Gasteiger partial charge >= 0.3 is 5.97 Å². The maximum absolute atomic E-state index is 10.9. The van der Waals surface area contributed by atoms with Crippen molar-refractivity contribution < 1.29 is 14.7 Å². The molecule has 1 aliphatic carbocycles. The Morgan fingerprint density at radius 2 is 2.11 bits per heavy atom. The summed E-state index contributed by atoms with van der Waals surface area (Å²) >= 11 is 11.8. The zero-order valence-corrected chi connectivity index (χ0v) is 11.1. The molecule has 4 nitrogen and oxygen atoms in total. The summed E-state index contributed by atoms with van der Waals surface area (Å²) < 4.78 is 0. The maximum atomic E-state index is 10.9. The van der Waals surface area contributed by atoms with Gasteiger partial charge in [-0.2, -0.15) is 0 Å². The molecule has 1 aliphatic rings. The van der Waals surface area contributed by atoms with Crippen LogP contribution in [0, 0.1) is 11.8 Å². The first-order valence-corrected chi connectivity index (χ1v) is 6.09. The first kappa shape index (κ1) is 13.2. The summed E-state index contributed by atoms with van der Waals surface area (Å²) in [5.74, 6) is -1.34. The first-order valence-electron chi connectivity index (χ1n) is 5.34. The van der Waals surface area contributed by atoms with Crippen LogP contribution in [0.4, 0.5) is 0 Å². The topological polar surface area (TPSA) is 58.9 Å². The fraction of sp³-hybridized carbons (Fsp3) is 0.333. The van der Waals surface area contributed by atoms with Gasteiger partial charge in [0, 0.05) is 11.5 Å². The van der Waals surface area contributed by atoms with Gasteiger partial charge in [-0.05, 0) is 18.6 Å². The summed E-state index contributed by atoms with van der Waals surface area (Å²) in [5, 5.41) is 13.7. The molecule has 1 aromatic rings. The van der Waals surface area contributed by atoms with Gasteiger partial charge in [0.1, 0.15) is 7.11 Å². The van der Waals surface area contributed by atoms with Crippen molar-refractivity contribution >= 4 is 34.9 Å². The molecule has 1 aromatic carbocycles. The van der Waals surface area contributed by atoms with Crippen molar-refractivity contribution in [2.45, 2.75) is 6.42 Å². The lowest BCUT2D eigenvalue weighted by Gasteiger charge is -2.06. The molecule has 0 aliphatic heterocycles. The number of aliphatic carboxylic acids is 1. The second-order valence-electron chi connectivity index (χ2n) is 4.07. The average molecular weight is 288 g/mol. The quantitative estimate of drug-likeness (QED) is 0.684. The smallest absolute Gasteiger partial charge is 0.307 e. The molecule has 96 valence electrons. The Morgan fingerprint density at radius 1 is 1.39 bits per heavy atom. The molecule has 0 heterocycles. The molecule has 18 heavy (non-hydrogen) atoms. The van der Waals surface area contributed by atoms with Crippen LogP contribution in [0.2, 0.25) is 10.0 Å². The van der Waals surface area contributed by atoms with Crippen molar-refractivity contribution in [2.24, 2.45) is 17.0 Å². The lowest BCUT2D eigenvalue weighted by molar-refractivity contribution is -0.138. The Labute approximate surface area is 114 Å². The number of hydrogen-bond donors (Lipinski definition) is 1. The third-order valence-electron chi connectivity index (χ3n) is 2.86. The zero-order chi connectivity index (χ0) is 13.3. The molecule has 6 heteroatoms. The maximum Gasteiger partial charge on any atom is 0.307 e. The second kappa shape index (κ2) is 5.16. The van der Waals surface area contributed by atoms with Crippen molar-refractivity contribution in [3.8, 4) is 0 Å². The van der Waals surface area contributed by atoms with Crippen LogP contribution < -0.4 is 0 Å². The minimum absolute atomic E-state index is 0.125. The largest absolute Gasteiger partial charge is 0.481 e. The van der Waals surface area contributed by atoms with Crippen LogP contribution >= 0.6 is 23.2 Å². The highest BCUT2D eigenvalue weighted by atomic mass is 35.5. The highest BCUT2D eigenvalue weighted by Crippen LogP contribution is 2.42. The standard InChI is InChI=1S/C12H11Cl2NO3/c1-18-15-11(7-5-8(7)12(16)17)6-2-3-9(13)10(14)4-6/h2-4,7-8H,5H2,1H3,(H,16,17)/b15-11-/t7-,8-/m0/s1. The molecule has 0 radical (unpaired) electrons. The predicted molar refractivity (Wildman–Crippen MR) is 69.2 cm³/mol. The molecule has 2 rings (SSSR count). The van der Waals surface area contributed by atoms with E-state index in [0.29, 0.717) is 22.2 Å². The molecule has 0 amide bonds. The molecule has 1 saturated carbocycles. The highest BCUT2D eigenvalue weighted by molar-refractivity contribution is 6.42. The summed E-state index contributed by atoms with van der Waals surface area (Å²) in [7, 11) is 1.43. The molecular formula is C12H11Cl2NO3. The summed E-state index contributed by atoms with van der Waals surface area (Å²) in [6.07, 6.45) is 0.567. The number of halogens is 2. The lowest BCUT2D eigenvalue weighted by Crippen LogP contribution is -2.10. The molecule has 2 atom stereocenters. The molecule has 0 aromatic heterocycles. The fourth-order valence-corrected chi connectivity index (χ4v) is 2.16. The molecule has 0 saturated heterocycles. The first-order chi connectivity index (χ1) is 8.54. The van der Waals surface area contributed by atoms with E-state index in [1.807, 2.05) is 0 Å². The molecule has 0 spiro atoms. The predicted octanol–water partition coefficient (Wildman–Crippen LogP) is 3.06. The summed E-state index contributed by atoms with van der Waals surface area (Å²) in [6.45, 7) is 0. The number of nitrogens with zero attached hydrogens (tertiary/aromatic N) is 1. The van der Waals surface area contributed by atoms with Gasteiger partial charge in [0.2, 0.25) is 0 Å². The Balaban J connectivity index is 2.29. The normalized spacial score (nSPS) is 22.7. The minimum atomic E-state index is -0.816. The van der Waals surface area contributed by atoms with E-state index in [1.165, 1.54) is 7.11 Å². The van der Waals surface area contributed by atoms with Crippen molar-refractivity contribution in [1.29, 1.82) is 0 Å². The monoisotopic (exact) mass is 287 g/mol. The zero-order valence-electron chi connectivity index (χ0n) is 9.56. The number of carbonyl (C=O) groups is 1. The number of carboxylic acids is 1. The van der Waals surface area contributed by atoms with Crippen molar-refractivity contribution in [3.05, 3.63) is 33.8 Å². The van der Waals surface area contributed by atoms with Crippen LogP contribution in [0.1, 0.15) is 12.0 Å². The fourth-order valence-electron chi connectivity index (χ4n) is 1.86. The minimum Gasteiger partial charge on any atom is -0.481 e. The molecule has 1 N–H and O–H groups in total. The van der Waals surface area contributed by atoms with Gasteiger partial charge in [0.15, 0.2) is 0 Å². The molecule has 0 unspecified atom stereocenters. The average Bonchev–Trinajstić information content (AvgIpc) is 3.10. The van der Waals surface area contributed by atoms with E-state index in [0.717, 1.165) is 5.56 Å². The summed E-state index contributed by atoms with van der Waals surface area (Å²) in [5.41, 5.74) is 1.34. The van der Waals surface area contributed by atoms with Crippen molar-refractivity contribution in [3.63, 3.8) is 0 Å². The third kappa shape index (κ3) is 2.60. The van der Waals surface area contributed by atoms with Crippen LogP contribution in [-0.2, 0) is 9.63 Å². The van der Waals surface area contributed by atoms with Crippen LogP contribution in [0.5, 0.6) is 0 Å². The van der Waals surface area contributed by atoms with E-state index in [1.54, 1.807) is 18.2 Å². The number of carboxylic acid groups (broad SMARTS) is 1. The molecular weight excluding hydrogens is 277 g/mol. The van der Waals surface area contributed by atoms with Crippen LogP contribution in [0.15, 0.2) is 23.4 Å². The molecule has 0 bridgehead atoms. The van der Waals surface area contributed by atoms with Crippen LogP contribution in [-0.4, -0.2) is 23.9 Å². The van der Waals surface area contributed by atoms with E-state index in [2.05, 4.69) is 5.16 Å². The third-order valence-corrected chi connectivity index (χ3v) is 3.60. The van der Waals surface area contributed by atoms with Gasteiger partial charge in [-0.1, -0.05) is 34.4 Å². The van der Waals surface area contributed by atoms with E-state index in [9.17, 15) is 4.79 Å². The van der Waals surface area contributed by atoms with Gasteiger partial charge in [-0.3, -0.25) is 4.79 Å². The van der Waals surface area contributed by atoms with Gasteiger partial charge in [-0.15, -0.1) is 0 Å². The van der Waals surface area contributed by atoms with E-state index in [4.69, 9.17) is 33.1 Å². The lowest BCUT2D eigenvalue weighted by atomic mass is 10.1. The summed E-state index contributed by atoms with van der Waals surface area (Å²) in [6, 6.07) is 5.07. The van der Waals surface area contributed by atoms with E-state index < -0.39 is 11.9 Å². The highest BCUT2D eigenvalue weighted by Gasteiger charge is 2.47. The Morgan fingerprint density at radius 3 is 2.61 bits per heavy atom. The van der Waals surface area contributed by atoms with Gasteiger partial charge < -0.3 is 9.94 Å².